The van der Waals surface area contributed by atoms with Crippen molar-refractivity contribution in [3.63, 3.8) is 0 Å². The molecule has 0 spiro atoms. The van der Waals surface area contributed by atoms with Crippen molar-refractivity contribution in [3.05, 3.63) is 65.5 Å². The number of carboxylic acid groups (broad SMARTS) is 1. The van der Waals surface area contributed by atoms with Gasteiger partial charge in [0.2, 0.25) is 5.89 Å². The average Bonchev–Trinajstić information content (AvgIpc) is 3.00. The summed E-state index contributed by atoms with van der Waals surface area (Å²) in [4.78, 5) is 15.5. The number of oxazole rings is 1. The first-order valence-electron chi connectivity index (χ1n) is 6.79. The topological polar surface area (TPSA) is 63.3 Å². The van der Waals surface area contributed by atoms with Crippen molar-refractivity contribution >= 4 is 30.2 Å². The maximum atomic E-state index is 11.1. The number of carboxylic acids is 1. The Balaban J connectivity index is 2.18. The summed E-state index contributed by atoms with van der Waals surface area (Å²) in [5.74, 6) is -0.593. The van der Waals surface area contributed by atoms with Crippen LogP contribution in [0.5, 0.6) is 0 Å². The summed E-state index contributed by atoms with van der Waals surface area (Å²) >= 11 is 10.1. The Bertz CT molecular complexity index is 848. The molecule has 23 heavy (non-hydrogen) atoms. The molecule has 0 aliphatic rings. The Hall–Kier alpha value is -2.24. The first-order valence-corrected chi connectivity index (χ1v) is 7.68. The van der Waals surface area contributed by atoms with Crippen LogP contribution >= 0.6 is 24.2 Å². The molecule has 1 heterocycles. The highest BCUT2D eigenvalue weighted by Gasteiger charge is 2.25. The van der Waals surface area contributed by atoms with Crippen LogP contribution in [0.15, 0.2) is 59.0 Å². The number of aromatic nitrogens is 1. The zero-order valence-corrected chi connectivity index (χ0v) is 13.5. The number of nitrogens with zero attached hydrogens (tertiary/aromatic N) is 1. The van der Waals surface area contributed by atoms with E-state index in [1.165, 1.54) is 0 Å². The maximum Gasteiger partial charge on any atom is 0.325 e. The van der Waals surface area contributed by atoms with E-state index >= 15 is 0 Å². The normalized spacial score (nSPS) is 12.1. The smallest absolute Gasteiger partial charge is 0.325 e. The molecule has 3 rings (SSSR count). The van der Waals surface area contributed by atoms with Gasteiger partial charge in [-0.3, -0.25) is 4.79 Å². The Kier molecular flexibility index (Phi) is 4.41. The van der Waals surface area contributed by atoms with Crippen LogP contribution in [0.1, 0.15) is 11.1 Å². The number of hydrogen-bond donors (Lipinski definition) is 2. The summed E-state index contributed by atoms with van der Waals surface area (Å²) in [6.07, 6.45) is 0. The largest absolute Gasteiger partial charge is 0.480 e. The molecule has 0 saturated carbocycles. The Morgan fingerprint density at radius 2 is 1.83 bits per heavy atom. The molecular formula is C17H12ClNO3S. The molecule has 1 atom stereocenters. The standard InChI is InChI=1S/C17H12ClNO3S/c18-12-8-4-7-11(9-12)13-14(10-5-2-1-3-6-10)22-16(19-13)15(23)17(20)21/h1-9,15,23H,(H,20,21). The highest BCUT2D eigenvalue weighted by molar-refractivity contribution is 7.81. The van der Waals surface area contributed by atoms with Gasteiger partial charge in [0.15, 0.2) is 11.0 Å². The van der Waals surface area contributed by atoms with Gasteiger partial charge < -0.3 is 9.52 Å². The third-order valence-electron chi connectivity index (χ3n) is 3.25. The molecule has 0 amide bonds. The fourth-order valence-corrected chi connectivity index (χ4v) is 2.48. The first kappa shape index (κ1) is 15.6. The van der Waals surface area contributed by atoms with E-state index < -0.39 is 11.2 Å². The van der Waals surface area contributed by atoms with Gasteiger partial charge >= 0.3 is 5.97 Å². The lowest BCUT2D eigenvalue weighted by Crippen LogP contribution is -2.05. The predicted octanol–water partition coefficient (Wildman–Crippen LogP) is 4.72. The molecule has 116 valence electrons. The van der Waals surface area contributed by atoms with E-state index in [0.717, 1.165) is 11.1 Å². The van der Waals surface area contributed by atoms with E-state index in [1.54, 1.807) is 18.2 Å². The van der Waals surface area contributed by atoms with E-state index in [9.17, 15) is 4.79 Å². The van der Waals surface area contributed by atoms with Crippen molar-refractivity contribution in [3.8, 4) is 22.6 Å². The lowest BCUT2D eigenvalue weighted by atomic mass is 10.1. The Labute approximate surface area is 143 Å². The molecule has 2 aromatic carbocycles. The molecule has 0 aliphatic heterocycles. The molecule has 1 aromatic heterocycles. The van der Waals surface area contributed by atoms with Crippen molar-refractivity contribution in [2.45, 2.75) is 5.25 Å². The minimum atomic E-state index is -1.13. The van der Waals surface area contributed by atoms with Crippen molar-refractivity contribution < 1.29 is 14.3 Å². The fraction of sp³-hybridized carbons (Fsp3) is 0.0588. The molecule has 1 N–H and O–H groups in total. The van der Waals surface area contributed by atoms with Crippen molar-refractivity contribution in [1.82, 2.24) is 4.98 Å². The Morgan fingerprint density at radius 3 is 2.48 bits per heavy atom. The molecule has 0 saturated heterocycles. The molecule has 4 nitrogen and oxygen atoms in total. The first-order chi connectivity index (χ1) is 11.1. The van der Waals surface area contributed by atoms with Gasteiger partial charge in [-0.05, 0) is 12.1 Å². The van der Waals surface area contributed by atoms with Crippen molar-refractivity contribution in [2.24, 2.45) is 0 Å². The summed E-state index contributed by atoms with van der Waals surface area (Å²) < 4.78 is 5.71. The maximum absolute atomic E-state index is 11.1. The number of benzene rings is 2. The van der Waals surface area contributed by atoms with Gasteiger partial charge in [0.25, 0.3) is 0 Å². The van der Waals surface area contributed by atoms with Crippen molar-refractivity contribution in [2.75, 3.05) is 0 Å². The lowest BCUT2D eigenvalue weighted by molar-refractivity contribution is -0.136. The second kappa shape index (κ2) is 6.48. The zero-order chi connectivity index (χ0) is 16.4. The molecule has 0 radical (unpaired) electrons. The van der Waals surface area contributed by atoms with E-state index in [0.29, 0.717) is 16.5 Å². The summed E-state index contributed by atoms with van der Waals surface area (Å²) in [5, 5.41) is 8.55. The van der Waals surface area contributed by atoms with E-state index in [1.807, 2.05) is 36.4 Å². The van der Waals surface area contributed by atoms with E-state index in [4.69, 9.17) is 21.1 Å². The average molecular weight is 346 g/mol. The molecule has 0 aliphatic carbocycles. The quantitative estimate of drug-likeness (QED) is 0.672. The third-order valence-corrected chi connectivity index (χ3v) is 3.92. The van der Waals surface area contributed by atoms with Crippen LogP contribution < -0.4 is 0 Å². The summed E-state index contributed by atoms with van der Waals surface area (Å²) in [5.41, 5.74) is 2.08. The van der Waals surface area contributed by atoms with Gasteiger partial charge in [-0.1, -0.05) is 54.1 Å². The molecule has 3 aromatic rings. The lowest BCUT2D eigenvalue weighted by Gasteiger charge is -2.01. The van der Waals surface area contributed by atoms with Crippen molar-refractivity contribution in [1.29, 1.82) is 0 Å². The molecule has 6 heteroatoms. The summed E-state index contributed by atoms with van der Waals surface area (Å²) in [6, 6.07) is 16.5. The fourth-order valence-electron chi connectivity index (χ4n) is 2.18. The van der Waals surface area contributed by atoms with Gasteiger partial charge in [-0.2, -0.15) is 12.6 Å². The second-order valence-electron chi connectivity index (χ2n) is 4.85. The molecular weight excluding hydrogens is 334 g/mol. The zero-order valence-electron chi connectivity index (χ0n) is 11.8. The van der Waals surface area contributed by atoms with Crippen LogP contribution in [0, 0.1) is 0 Å². The highest BCUT2D eigenvalue weighted by atomic mass is 35.5. The number of rotatable bonds is 4. The summed E-state index contributed by atoms with van der Waals surface area (Å²) in [7, 11) is 0. The minimum Gasteiger partial charge on any atom is -0.480 e. The minimum absolute atomic E-state index is 0.0367. The van der Waals surface area contributed by atoms with Gasteiger partial charge in [-0.15, -0.1) is 0 Å². The highest BCUT2D eigenvalue weighted by Crippen LogP contribution is 2.36. The van der Waals surface area contributed by atoms with Crippen LogP contribution in [0.3, 0.4) is 0 Å². The number of aliphatic carboxylic acids is 1. The van der Waals surface area contributed by atoms with Gasteiger partial charge in [0.1, 0.15) is 5.69 Å². The summed E-state index contributed by atoms with van der Waals surface area (Å²) in [6.45, 7) is 0. The molecule has 1 unspecified atom stereocenters. The number of thiol groups is 1. The third kappa shape index (κ3) is 3.25. The molecule has 0 bridgehead atoms. The van der Waals surface area contributed by atoms with Crippen LogP contribution in [0.25, 0.3) is 22.6 Å². The molecule has 0 fully saturated rings. The SMILES string of the molecule is O=C(O)C(S)c1nc(-c2cccc(Cl)c2)c(-c2ccccc2)o1. The second-order valence-corrected chi connectivity index (χ2v) is 5.80. The number of carbonyl (C=O) groups is 1. The predicted molar refractivity (Wildman–Crippen MR) is 91.7 cm³/mol. The number of hydrogen-bond acceptors (Lipinski definition) is 4. The van der Waals surface area contributed by atoms with Gasteiger partial charge in [0.05, 0.1) is 0 Å². The Morgan fingerprint density at radius 1 is 1.13 bits per heavy atom. The van der Waals surface area contributed by atoms with Gasteiger partial charge in [0, 0.05) is 16.1 Å². The number of halogens is 1. The monoisotopic (exact) mass is 345 g/mol. The van der Waals surface area contributed by atoms with Crippen LogP contribution in [0.2, 0.25) is 5.02 Å². The van der Waals surface area contributed by atoms with E-state index in [-0.39, 0.29) is 5.89 Å². The van der Waals surface area contributed by atoms with Crippen LogP contribution in [-0.2, 0) is 4.79 Å². The van der Waals surface area contributed by atoms with Gasteiger partial charge in [-0.25, -0.2) is 4.98 Å². The van der Waals surface area contributed by atoms with Crippen LogP contribution in [-0.4, -0.2) is 16.1 Å². The van der Waals surface area contributed by atoms with E-state index in [2.05, 4.69) is 17.6 Å². The van der Waals surface area contributed by atoms with Crippen LogP contribution in [0.4, 0.5) is 0 Å².